The maximum Gasteiger partial charge on any atom is 0.225 e. The lowest BCUT2D eigenvalue weighted by molar-refractivity contribution is 0.0831. The number of fused-ring (bicyclic) bond motifs is 2. The van der Waals surface area contributed by atoms with Gasteiger partial charge in [-0.2, -0.15) is 0 Å². The molecule has 1 aromatic heterocycles. The number of hydrogen-bond acceptors (Lipinski definition) is 4. The minimum Gasteiger partial charge on any atom is -0.374 e. The van der Waals surface area contributed by atoms with Gasteiger partial charge in [-0.3, -0.25) is 0 Å². The minimum absolute atomic E-state index is 0.0612. The predicted octanol–water partition coefficient (Wildman–Crippen LogP) is 2.54. The van der Waals surface area contributed by atoms with E-state index >= 15 is 0 Å². The van der Waals surface area contributed by atoms with Crippen molar-refractivity contribution in [1.29, 1.82) is 0 Å². The summed E-state index contributed by atoms with van der Waals surface area (Å²) in [5, 5.41) is 0.581. The van der Waals surface area contributed by atoms with E-state index in [1.165, 1.54) is 0 Å². The van der Waals surface area contributed by atoms with E-state index in [-0.39, 0.29) is 10.8 Å². The molecule has 17 heavy (non-hydrogen) atoms. The normalized spacial score (nSPS) is 31.2. The lowest BCUT2D eigenvalue weighted by atomic mass is 9.95. The van der Waals surface area contributed by atoms with Crippen LogP contribution in [0, 0.1) is 0 Å². The zero-order valence-corrected chi connectivity index (χ0v) is 11.0. The fourth-order valence-corrected chi connectivity index (χ4v) is 3.21. The summed E-state index contributed by atoms with van der Waals surface area (Å²) in [6.07, 6.45) is 2.40. The van der Waals surface area contributed by atoms with Gasteiger partial charge in [0.2, 0.25) is 5.28 Å². The van der Waals surface area contributed by atoms with Crippen LogP contribution in [0.15, 0.2) is 6.07 Å². The molecule has 0 radical (unpaired) electrons. The van der Waals surface area contributed by atoms with Gasteiger partial charge in [0.1, 0.15) is 11.0 Å². The van der Waals surface area contributed by atoms with E-state index in [0.717, 1.165) is 31.8 Å². The Morgan fingerprint density at radius 3 is 3.00 bits per heavy atom. The van der Waals surface area contributed by atoms with Gasteiger partial charge in [0.15, 0.2) is 0 Å². The maximum atomic E-state index is 5.93. The van der Waals surface area contributed by atoms with Gasteiger partial charge >= 0.3 is 0 Å². The predicted molar refractivity (Wildman–Crippen MR) is 66.8 cm³/mol. The molecule has 0 aromatic carbocycles. The van der Waals surface area contributed by atoms with Crippen molar-refractivity contribution in [3.8, 4) is 0 Å². The summed E-state index contributed by atoms with van der Waals surface area (Å²) in [5.41, 5.74) is 0.0612. The topological polar surface area (TPSA) is 38.2 Å². The standard InChI is InChI=1S/C11H13Cl2N3O/c1-2-11-4-7(17-6-11)5-16(11)9-3-8(12)14-10(13)15-9/h3,7H,2,4-6H2,1H3/t7-,11-/m0/s1. The molecule has 2 aliphatic rings. The molecule has 4 nitrogen and oxygen atoms in total. The first kappa shape index (κ1) is 11.5. The number of morpholine rings is 1. The van der Waals surface area contributed by atoms with E-state index in [4.69, 9.17) is 27.9 Å². The highest BCUT2D eigenvalue weighted by Gasteiger charge is 2.51. The smallest absolute Gasteiger partial charge is 0.225 e. The van der Waals surface area contributed by atoms with Crippen molar-refractivity contribution in [3.63, 3.8) is 0 Å². The molecule has 3 rings (SSSR count). The second-order valence-electron chi connectivity index (χ2n) is 4.64. The summed E-state index contributed by atoms with van der Waals surface area (Å²) >= 11 is 11.8. The van der Waals surface area contributed by atoms with Crippen LogP contribution in [-0.2, 0) is 4.74 Å². The first-order chi connectivity index (χ1) is 8.13. The molecule has 0 N–H and O–H groups in total. The number of rotatable bonds is 2. The summed E-state index contributed by atoms with van der Waals surface area (Å²) in [5.74, 6) is 0.808. The van der Waals surface area contributed by atoms with E-state index < -0.39 is 0 Å². The fraction of sp³-hybridized carbons (Fsp3) is 0.636. The van der Waals surface area contributed by atoms with Crippen molar-refractivity contribution in [3.05, 3.63) is 16.5 Å². The van der Waals surface area contributed by atoms with Crippen LogP contribution in [0.2, 0.25) is 10.4 Å². The molecule has 2 atom stereocenters. The van der Waals surface area contributed by atoms with Crippen molar-refractivity contribution in [2.45, 2.75) is 31.4 Å². The Morgan fingerprint density at radius 1 is 1.53 bits per heavy atom. The van der Waals surface area contributed by atoms with Crippen molar-refractivity contribution in [2.24, 2.45) is 0 Å². The average molecular weight is 274 g/mol. The highest BCUT2D eigenvalue weighted by molar-refractivity contribution is 6.32. The summed E-state index contributed by atoms with van der Waals surface area (Å²) in [6, 6.07) is 1.77. The Labute approximate surface area is 110 Å². The Balaban J connectivity index is 1.99. The molecule has 92 valence electrons. The SMILES string of the molecule is CC[C@]12CO[C@H](CN1c1cc(Cl)nc(Cl)n1)C2. The van der Waals surface area contributed by atoms with Gasteiger partial charge in [0.05, 0.1) is 18.2 Å². The van der Waals surface area contributed by atoms with Crippen LogP contribution < -0.4 is 4.90 Å². The number of nitrogens with zero attached hydrogens (tertiary/aromatic N) is 3. The summed E-state index contributed by atoms with van der Waals surface area (Å²) in [6.45, 7) is 3.79. The Hall–Kier alpha value is -0.580. The molecule has 3 heterocycles. The molecule has 0 aliphatic carbocycles. The van der Waals surface area contributed by atoms with Crippen LogP contribution in [-0.4, -0.2) is 34.8 Å². The fourth-order valence-electron chi connectivity index (χ4n) is 2.81. The van der Waals surface area contributed by atoms with Gasteiger partial charge in [-0.05, 0) is 18.0 Å². The van der Waals surface area contributed by atoms with Crippen molar-refractivity contribution in [2.75, 3.05) is 18.1 Å². The monoisotopic (exact) mass is 273 g/mol. The van der Waals surface area contributed by atoms with Gasteiger partial charge in [-0.25, -0.2) is 9.97 Å². The molecule has 2 aliphatic heterocycles. The Morgan fingerprint density at radius 2 is 2.35 bits per heavy atom. The molecular weight excluding hydrogens is 261 g/mol. The molecule has 0 unspecified atom stereocenters. The number of aromatic nitrogens is 2. The van der Waals surface area contributed by atoms with Gasteiger partial charge in [-0.1, -0.05) is 18.5 Å². The molecular formula is C11H13Cl2N3O. The van der Waals surface area contributed by atoms with Crippen LogP contribution >= 0.6 is 23.2 Å². The first-order valence-corrected chi connectivity index (χ1v) is 6.48. The Kier molecular flexibility index (Phi) is 2.69. The number of halogens is 2. The summed E-state index contributed by atoms with van der Waals surface area (Å²) < 4.78 is 5.71. The van der Waals surface area contributed by atoms with Gasteiger partial charge in [0, 0.05) is 19.0 Å². The third kappa shape index (κ3) is 1.79. The van der Waals surface area contributed by atoms with E-state index in [1.54, 1.807) is 6.07 Å². The van der Waals surface area contributed by atoms with Gasteiger partial charge in [-0.15, -0.1) is 0 Å². The second-order valence-corrected chi connectivity index (χ2v) is 5.37. The number of anilines is 1. The van der Waals surface area contributed by atoms with Crippen molar-refractivity contribution in [1.82, 2.24) is 9.97 Å². The van der Waals surface area contributed by atoms with Crippen LogP contribution in [0.3, 0.4) is 0 Å². The van der Waals surface area contributed by atoms with Crippen LogP contribution in [0.5, 0.6) is 0 Å². The Bertz CT molecular complexity index is 436. The van der Waals surface area contributed by atoms with Crippen molar-refractivity contribution >= 4 is 29.0 Å². The van der Waals surface area contributed by atoms with Crippen LogP contribution in [0.1, 0.15) is 19.8 Å². The zero-order chi connectivity index (χ0) is 12.0. The molecule has 1 aromatic rings. The largest absolute Gasteiger partial charge is 0.374 e. The maximum absolute atomic E-state index is 5.93. The molecule has 0 spiro atoms. The van der Waals surface area contributed by atoms with Crippen molar-refractivity contribution < 1.29 is 4.74 Å². The third-order valence-corrected chi connectivity index (χ3v) is 4.11. The van der Waals surface area contributed by atoms with E-state index in [1.807, 2.05) is 0 Å². The van der Waals surface area contributed by atoms with E-state index in [9.17, 15) is 0 Å². The quantitative estimate of drug-likeness (QED) is 0.613. The highest BCUT2D eigenvalue weighted by atomic mass is 35.5. The summed E-state index contributed by atoms with van der Waals surface area (Å²) in [7, 11) is 0. The van der Waals surface area contributed by atoms with Gasteiger partial charge < -0.3 is 9.64 Å². The highest BCUT2D eigenvalue weighted by Crippen LogP contribution is 2.42. The minimum atomic E-state index is 0.0612. The molecule has 0 amide bonds. The zero-order valence-electron chi connectivity index (χ0n) is 9.49. The first-order valence-electron chi connectivity index (χ1n) is 5.72. The molecule has 2 bridgehead atoms. The molecule has 2 fully saturated rings. The average Bonchev–Trinajstić information content (AvgIpc) is 2.85. The molecule has 0 saturated carbocycles. The molecule has 6 heteroatoms. The lowest BCUT2D eigenvalue weighted by Crippen LogP contribution is -2.48. The number of ether oxygens (including phenoxy) is 1. The second kappa shape index (κ2) is 3.97. The lowest BCUT2D eigenvalue weighted by Gasteiger charge is -2.38. The van der Waals surface area contributed by atoms with Crippen LogP contribution in [0.25, 0.3) is 0 Å². The number of hydrogen-bond donors (Lipinski definition) is 0. The molecule has 2 saturated heterocycles. The third-order valence-electron chi connectivity index (χ3n) is 3.74. The van der Waals surface area contributed by atoms with Crippen LogP contribution in [0.4, 0.5) is 5.82 Å². The summed E-state index contributed by atoms with van der Waals surface area (Å²) in [4.78, 5) is 10.4. The van der Waals surface area contributed by atoms with Gasteiger partial charge in [0.25, 0.3) is 0 Å². The van der Waals surface area contributed by atoms with E-state index in [2.05, 4.69) is 21.8 Å². The van der Waals surface area contributed by atoms with E-state index in [0.29, 0.717) is 11.3 Å².